The molecule has 0 fully saturated rings. The van der Waals surface area contributed by atoms with E-state index in [2.05, 4.69) is 56.6 Å². The van der Waals surface area contributed by atoms with E-state index >= 15 is 0 Å². The summed E-state index contributed by atoms with van der Waals surface area (Å²) in [6, 6.07) is 18.0. The number of halogens is 1. The number of likely N-dealkylation sites (N-methyl/N-ethyl adjacent to an activating group) is 1. The Bertz CT molecular complexity index is 1520. The molecule has 0 radical (unpaired) electrons. The molecule has 3 N–H and O–H groups in total. The van der Waals surface area contributed by atoms with Crippen molar-refractivity contribution >= 4 is 28.6 Å². The van der Waals surface area contributed by atoms with Crippen LogP contribution in [-0.2, 0) is 4.79 Å². The van der Waals surface area contributed by atoms with Gasteiger partial charge in [-0.05, 0) is 95.8 Å². The Labute approximate surface area is 266 Å². The molecular formula is C36H47FN4O4. The van der Waals surface area contributed by atoms with E-state index in [1.807, 2.05) is 44.2 Å². The molecule has 0 saturated carbocycles. The van der Waals surface area contributed by atoms with Crippen LogP contribution in [0.5, 0.6) is 0 Å². The zero-order valence-corrected chi connectivity index (χ0v) is 27.9. The lowest BCUT2D eigenvalue weighted by atomic mass is 9.82. The number of hydrogen-bond acceptors (Lipinski definition) is 5. The van der Waals surface area contributed by atoms with Crippen molar-refractivity contribution in [3.8, 4) is 11.1 Å². The average molecular weight is 619 g/mol. The number of carbonyl (C=O) groups is 2. The number of benzene rings is 3. The maximum Gasteiger partial charge on any atom is 0.251 e. The molecule has 1 unspecified atom stereocenters. The largest absolute Gasteiger partial charge is 0.385 e. The van der Waals surface area contributed by atoms with Gasteiger partial charge in [-0.3, -0.25) is 19.7 Å². The van der Waals surface area contributed by atoms with Crippen molar-refractivity contribution in [3.05, 3.63) is 98.8 Å². The van der Waals surface area contributed by atoms with Crippen molar-refractivity contribution in [3.63, 3.8) is 0 Å². The molecule has 0 aliphatic rings. The van der Waals surface area contributed by atoms with Gasteiger partial charge in [0.1, 0.15) is 5.82 Å². The summed E-state index contributed by atoms with van der Waals surface area (Å²) in [6.07, 6.45) is 0.806. The van der Waals surface area contributed by atoms with Gasteiger partial charge < -0.3 is 16.0 Å². The van der Waals surface area contributed by atoms with Crippen molar-refractivity contribution in [2.45, 2.75) is 54.9 Å². The highest BCUT2D eigenvalue weighted by Gasteiger charge is 2.25. The monoisotopic (exact) mass is 618 g/mol. The lowest BCUT2D eigenvalue weighted by Crippen LogP contribution is -2.32. The Kier molecular flexibility index (Phi) is 13.5. The number of nitrogens with one attached hydrogen (secondary N) is 3. The van der Waals surface area contributed by atoms with Crippen molar-refractivity contribution in [2.24, 2.45) is 11.3 Å². The molecule has 0 heterocycles. The third kappa shape index (κ3) is 10.6. The number of nitrogens with zero attached hydrogens (tertiary/aromatic N) is 1. The fourth-order valence-corrected chi connectivity index (χ4v) is 4.85. The Morgan fingerprint density at radius 1 is 1.00 bits per heavy atom. The van der Waals surface area contributed by atoms with Crippen LogP contribution in [0.3, 0.4) is 0 Å². The Hall–Kier alpha value is -4.53. The maximum atomic E-state index is 13.9. The first kappa shape index (κ1) is 36.7. The Morgan fingerprint density at radius 3 is 2.16 bits per heavy atom. The van der Waals surface area contributed by atoms with E-state index in [9.17, 15) is 14.0 Å². The van der Waals surface area contributed by atoms with Crippen LogP contribution >= 0.6 is 0 Å². The van der Waals surface area contributed by atoms with Gasteiger partial charge in [0, 0.05) is 41.9 Å². The summed E-state index contributed by atoms with van der Waals surface area (Å²) < 4.78 is 13.9. The number of hydrogen-bond donors (Lipinski definition) is 3. The fraction of sp³-hybridized carbons (Fsp3) is 0.389. The smallest absolute Gasteiger partial charge is 0.251 e. The highest BCUT2D eigenvalue weighted by atomic mass is 19.1. The molecule has 2 amide bonds. The van der Waals surface area contributed by atoms with Crippen LogP contribution in [0.4, 0.5) is 10.1 Å². The molecule has 8 nitrogen and oxygen atoms in total. The summed E-state index contributed by atoms with van der Waals surface area (Å²) in [5.74, 6) is -0.608. The second kappa shape index (κ2) is 16.5. The van der Waals surface area contributed by atoms with Crippen molar-refractivity contribution in [1.82, 2.24) is 10.6 Å². The first-order chi connectivity index (χ1) is 21.1. The molecular weight excluding hydrogens is 571 g/mol. The first-order valence-corrected chi connectivity index (χ1v) is 15.2. The zero-order valence-electron chi connectivity index (χ0n) is 27.9. The minimum absolute atomic E-state index is 0.0300. The Balaban J connectivity index is 0.00000166. The topological polar surface area (TPSA) is 113 Å². The van der Waals surface area contributed by atoms with Crippen LogP contribution in [0, 0.1) is 34.2 Å². The van der Waals surface area contributed by atoms with Gasteiger partial charge in [0.2, 0.25) is 0 Å². The van der Waals surface area contributed by atoms with Crippen molar-refractivity contribution in [1.29, 1.82) is 0 Å². The molecule has 0 bridgehead atoms. The van der Waals surface area contributed by atoms with Crippen LogP contribution in [0.15, 0.2) is 60.7 Å². The van der Waals surface area contributed by atoms with Crippen LogP contribution in [0.25, 0.3) is 22.3 Å². The second-order valence-electron chi connectivity index (χ2n) is 12.2. The molecule has 0 aliphatic heterocycles. The van der Waals surface area contributed by atoms with E-state index in [-0.39, 0.29) is 29.0 Å². The highest BCUT2D eigenvalue weighted by molar-refractivity contribution is 6.27. The number of anilines is 1. The standard InChI is InChI=1S/C35H44FN3O2.CH3NO2/c1-9-22(3)31(24-14-16-27(36)17-15-24)32(34(41)37-8)28-20-29(30(38-10-2)18-23(28)4)25-12-11-13-26(19-25)33(40)39-21-35(5,6)7;1-2(3)4/h11-20,22,38H,9-10,21H2,1-8H3,(H,37,41)(H,39,40);1H3/b32-31-;. The second-order valence-corrected chi connectivity index (χ2v) is 12.2. The van der Waals surface area contributed by atoms with Gasteiger partial charge in [0.15, 0.2) is 7.05 Å². The highest BCUT2D eigenvalue weighted by Crippen LogP contribution is 2.39. The van der Waals surface area contributed by atoms with Gasteiger partial charge in [0.25, 0.3) is 11.8 Å². The van der Waals surface area contributed by atoms with Crippen LogP contribution in [-0.4, -0.2) is 43.9 Å². The molecule has 242 valence electrons. The van der Waals surface area contributed by atoms with E-state index in [1.54, 1.807) is 19.2 Å². The fourth-order valence-electron chi connectivity index (χ4n) is 4.85. The number of aryl methyl sites for hydroxylation is 1. The van der Waals surface area contributed by atoms with E-state index in [0.717, 1.165) is 52.5 Å². The molecule has 0 aliphatic carbocycles. The average Bonchev–Trinajstić information content (AvgIpc) is 2.98. The van der Waals surface area contributed by atoms with Gasteiger partial charge in [-0.1, -0.05) is 58.9 Å². The normalized spacial score (nSPS) is 12.2. The summed E-state index contributed by atoms with van der Waals surface area (Å²) in [4.78, 5) is 34.9. The summed E-state index contributed by atoms with van der Waals surface area (Å²) in [5.41, 5.74) is 7.20. The number of allylic oxidation sites excluding steroid dienone is 1. The van der Waals surface area contributed by atoms with Crippen LogP contribution < -0.4 is 16.0 Å². The first-order valence-electron chi connectivity index (χ1n) is 15.2. The lowest BCUT2D eigenvalue weighted by Gasteiger charge is -2.23. The molecule has 0 spiro atoms. The van der Waals surface area contributed by atoms with Crippen molar-refractivity contribution < 1.29 is 18.9 Å². The zero-order chi connectivity index (χ0) is 33.9. The van der Waals surface area contributed by atoms with E-state index in [4.69, 9.17) is 10.1 Å². The third-order valence-corrected chi connectivity index (χ3v) is 7.20. The van der Waals surface area contributed by atoms with Gasteiger partial charge in [-0.2, -0.15) is 0 Å². The van der Waals surface area contributed by atoms with Gasteiger partial charge >= 0.3 is 0 Å². The minimum atomic E-state index is -0.500. The molecule has 3 aromatic rings. The SMILES string of the molecule is CCNc1cc(C)c(/C(C(=O)NC)=C(/c2ccc(F)cc2)C(C)CC)cc1-c1cccc(C(=O)NCC(C)(C)C)c1.C[N+](=O)[O-]. The molecule has 45 heavy (non-hydrogen) atoms. The van der Waals surface area contributed by atoms with E-state index in [0.29, 0.717) is 24.2 Å². The summed E-state index contributed by atoms with van der Waals surface area (Å²) in [6.45, 7) is 15.7. The van der Waals surface area contributed by atoms with E-state index < -0.39 is 4.92 Å². The summed E-state index contributed by atoms with van der Waals surface area (Å²) >= 11 is 0. The number of rotatable bonds is 10. The molecule has 0 aromatic heterocycles. The number of carbonyl (C=O) groups excluding carboxylic acids is 2. The van der Waals surface area contributed by atoms with E-state index in [1.165, 1.54) is 12.1 Å². The molecule has 3 aromatic carbocycles. The number of nitro groups is 1. The molecule has 0 saturated heterocycles. The molecule has 3 rings (SSSR count). The minimum Gasteiger partial charge on any atom is -0.385 e. The van der Waals surface area contributed by atoms with Gasteiger partial charge in [-0.25, -0.2) is 4.39 Å². The number of amides is 2. The maximum absolute atomic E-state index is 13.9. The summed E-state index contributed by atoms with van der Waals surface area (Å²) in [5, 5.41) is 18.1. The lowest BCUT2D eigenvalue weighted by molar-refractivity contribution is -0.445. The third-order valence-electron chi connectivity index (χ3n) is 7.20. The van der Waals surface area contributed by atoms with Gasteiger partial charge in [0.05, 0.1) is 5.57 Å². The predicted octanol–water partition coefficient (Wildman–Crippen LogP) is 7.60. The predicted molar refractivity (Wildman–Crippen MR) is 182 cm³/mol. The van der Waals surface area contributed by atoms with Gasteiger partial charge in [-0.15, -0.1) is 0 Å². The van der Waals surface area contributed by atoms with Crippen LogP contribution in [0.2, 0.25) is 0 Å². The van der Waals surface area contributed by atoms with Crippen molar-refractivity contribution in [2.75, 3.05) is 32.5 Å². The summed E-state index contributed by atoms with van der Waals surface area (Å²) in [7, 11) is 2.52. The quantitative estimate of drug-likeness (QED) is 0.0937. The Morgan fingerprint density at radius 2 is 1.62 bits per heavy atom. The molecule has 9 heteroatoms. The van der Waals surface area contributed by atoms with Crippen LogP contribution in [0.1, 0.15) is 75.0 Å². The molecule has 1 atom stereocenters.